The molecule has 2 heterocycles. The van der Waals surface area contributed by atoms with E-state index >= 15 is 0 Å². The van der Waals surface area contributed by atoms with E-state index in [1.54, 1.807) is 0 Å². The van der Waals surface area contributed by atoms with Crippen molar-refractivity contribution >= 4 is 16.8 Å². The first-order valence-corrected chi connectivity index (χ1v) is 9.02. The second-order valence-electron chi connectivity index (χ2n) is 6.85. The van der Waals surface area contributed by atoms with Crippen LogP contribution in [-0.4, -0.2) is 41.2 Å². The molecule has 1 aliphatic heterocycles. The van der Waals surface area contributed by atoms with E-state index in [0.29, 0.717) is 19.5 Å². The third-order valence-electron chi connectivity index (χ3n) is 5.10. The molecule has 3 atom stereocenters. The molecular weight excluding hydrogens is 326 g/mol. The minimum Gasteiger partial charge on any atom is -0.392 e. The van der Waals surface area contributed by atoms with Crippen molar-refractivity contribution in [2.45, 2.75) is 24.5 Å². The fourth-order valence-electron chi connectivity index (χ4n) is 3.72. The number of para-hydroxylation sites is 1. The maximum absolute atomic E-state index is 12.5. The summed E-state index contributed by atoms with van der Waals surface area (Å²) in [5.74, 6) is 0.00458. The van der Waals surface area contributed by atoms with Crippen LogP contribution in [0.5, 0.6) is 0 Å². The zero-order valence-electron chi connectivity index (χ0n) is 14.5. The Kier molecular flexibility index (Phi) is 4.73. The number of aromatic amines is 1. The molecule has 0 radical (unpaired) electrons. The van der Waals surface area contributed by atoms with E-state index < -0.39 is 6.10 Å². The van der Waals surface area contributed by atoms with Crippen molar-refractivity contribution in [3.8, 4) is 0 Å². The number of carbonyl (C=O) groups excluding carboxylic acids is 1. The number of β-amino-alcohol motifs (C(OH)–C–C–N with tert-alkyl or cyclic N) is 1. The number of fused-ring (bicyclic) bond motifs is 1. The van der Waals surface area contributed by atoms with Crippen molar-refractivity contribution in [2.24, 2.45) is 0 Å². The van der Waals surface area contributed by atoms with Gasteiger partial charge in [0.25, 0.3) is 0 Å². The van der Waals surface area contributed by atoms with Crippen LogP contribution in [0.25, 0.3) is 10.9 Å². The lowest BCUT2D eigenvalue weighted by Gasteiger charge is -2.19. The average molecular weight is 349 g/mol. The number of amides is 1. The molecule has 1 saturated heterocycles. The highest BCUT2D eigenvalue weighted by molar-refractivity contribution is 5.85. The predicted octanol–water partition coefficient (Wildman–Crippen LogP) is 2.14. The number of H-pyrrole nitrogens is 1. The molecule has 1 aromatic heterocycles. The molecule has 1 fully saturated rings. The third-order valence-corrected chi connectivity index (χ3v) is 5.10. The van der Waals surface area contributed by atoms with Gasteiger partial charge in [-0.3, -0.25) is 4.79 Å². The molecule has 5 nitrogen and oxygen atoms in total. The van der Waals surface area contributed by atoms with Crippen LogP contribution in [-0.2, 0) is 4.79 Å². The first kappa shape index (κ1) is 16.8. The van der Waals surface area contributed by atoms with Gasteiger partial charge in [0.1, 0.15) is 0 Å². The summed E-state index contributed by atoms with van der Waals surface area (Å²) in [6.07, 6.45) is 2.06. The van der Waals surface area contributed by atoms with E-state index in [1.807, 2.05) is 36.5 Å². The van der Waals surface area contributed by atoms with Crippen LogP contribution in [0.2, 0.25) is 0 Å². The van der Waals surface area contributed by atoms with Crippen LogP contribution in [0.4, 0.5) is 0 Å². The monoisotopic (exact) mass is 349 g/mol. The summed E-state index contributed by atoms with van der Waals surface area (Å²) in [5, 5.41) is 16.9. The van der Waals surface area contributed by atoms with Crippen LogP contribution in [0.1, 0.15) is 23.5 Å². The number of carbonyl (C=O) groups is 1. The third kappa shape index (κ3) is 3.36. The van der Waals surface area contributed by atoms with E-state index in [1.165, 1.54) is 10.9 Å². The van der Waals surface area contributed by atoms with Gasteiger partial charge in [0.05, 0.1) is 12.1 Å². The Morgan fingerprint density at radius 2 is 1.92 bits per heavy atom. The van der Waals surface area contributed by atoms with E-state index in [-0.39, 0.29) is 17.9 Å². The van der Waals surface area contributed by atoms with Crippen LogP contribution >= 0.6 is 0 Å². The smallest absolute Gasteiger partial charge is 0.237 e. The van der Waals surface area contributed by atoms with Crippen molar-refractivity contribution in [2.75, 3.05) is 13.1 Å². The Labute approximate surface area is 152 Å². The van der Waals surface area contributed by atoms with Crippen molar-refractivity contribution in [3.05, 3.63) is 71.9 Å². The fourth-order valence-corrected chi connectivity index (χ4v) is 3.72. The molecule has 3 aromatic rings. The minimum atomic E-state index is -0.440. The summed E-state index contributed by atoms with van der Waals surface area (Å²) < 4.78 is 0. The first-order valence-electron chi connectivity index (χ1n) is 9.02. The zero-order valence-corrected chi connectivity index (χ0v) is 14.5. The average Bonchev–Trinajstić information content (AvgIpc) is 3.29. The largest absolute Gasteiger partial charge is 0.392 e. The number of nitrogens with one attached hydrogen (secondary N) is 3. The van der Waals surface area contributed by atoms with E-state index in [2.05, 4.69) is 39.9 Å². The predicted molar refractivity (Wildman–Crippen MR) is 102 cm³/mol. The van der Waals surface area contributed by atoms with E-state index in [9.17, 15) is 9.90 Å². The Bertz CT molecular complexity index is 890. The van der Waals surface area contributed by atoms with E-state index in [0.717, 1.165) is 11.1 Å². The molecule has 1 aliphatic rings. The summed E-state index contributed by atoms with van der Waals surface area (Å²) in [6.45, 7) is 0.988. The number of aliphatic hydroxyl groups excluding tert-OH is 1. The summed E-state index contributed by atoms with van der Waals surface area (Å²) in [4.78, 5) is 15.8. The Morgan fingerprint density at radius 3 is 2.69 bits per heavy atom. The van der Waals surface area contributed by atoms with E-state index in [4.69, 9.17) is 0 Å². The highest BCUT2D eigenvalue weighted by atomic mass is 16.3. The second-order valence-corrected chi connectivity index (χ2v) is 6.85. The lowest BCUT2D eigenvalue weighted by atomic mass is 9.91. The number of aromatic nitrogens is 1. The molecule has 0 unspecified atom stereocenters. The maximum atomic E-state index is 12.5. The maximum Gasteiger partial charge on any atom is 0.237 e. The van der Waals surface area contributed by atoms with Crippen molar-refractivity contribution < 1.29 is 9.90 Å². The van der Waals surface area contributed by atoms with Crippen molar-refractivity contribution in [1.82, 2.24) is 15.6 Å². The van der Waals surface area contributed by atoms with Crippen molar-refractivity contribution in [1.29, 1.82) is 0 Å². The van der Waals surface area contributed by atoms with Gasteiger partial charge >= 0.3 is 0 Å². The molecule has 26 heavy (non-hydrogen) atoms. The molecule has 4 N–H and O–H groups in total. The number of aliphatic hydroxyl groups is 1. The molecule has 5 heteroatoms. The normalized spacial score (nSPS) is 21.0. The second kappa shape index (κ2) is 7.32. The van der Waals surface area contributed by atoms with Gasteiger partial charge < -0.3 is 20.7 Å². The number of hydrogen-bond donors (Lipinski definition) is 4. The van der Waals surface area contributed by atoms with Crippen LogP contribution in [0.3, 0.4) is 0 Å². The number of benzene rings is 2. The van der Waals surface area contributed by atoms with Crippen LogP contribution in [0.15, 0.2) is 60.8 Å². The molecular formula is C21H23N3O2. The van der Waals surface area contributed by atoms with Gasteiger partial charge in [-0.1, -0.05) is 48.5 Å². The topological polar surface area (TPSA) is 77.2 Å². The minimum absolute atomic E-state index is 0.0534. The standard InChI is InChI=1S/C21H23N3O2/c25-15-10-20(22-11-15)21(26)24-12-17(14-6-2-1-3-7-14)18-13-23-19-9-5-4-8-16(18)19/h1-9,13,15,17,20,22-23,25H,10-12H2,(H,24,26)/t15-,17-,20+/m1/s1. The highest BCUT2D eigenvalue weighted by Crippen LogP contribution is 2.30. The first-order chi connectivity index (χ1) is 12.7. The summed E-state index contributed by atoms with van der Waals surface area (Å²) in [5.41, 5.74) is 3.43. The van der Waals surface area contributed by atoms with Gasteiger partial charge in [0.2, 0.25) is 5.91 Å². The SMILES string of the molecule is O=C(NC[C@H](c1ccccc1)c1c[nH]c2ccccc12)[C@@H]1C[C@@H](O)CN1. The Balaban J connectivity index is 1.59. The summed E-state index contributed by atoms with van der Waals surface area (Å²) in [6, 6.07) is 18.1. The van der Waals surface area contributed by atoms with Crippen LogP contribution in [0, 0.1) is 0 Å². The molecule has 0 bridgehead atoms. The van der Waals surface area contributed by atoms with Crippen LogP contribution < -0.4 is 10.6 Å². The highest BCUT2D eigenvalue weighted by Gasteiger charge is 2.28. The molecule has 0 aliphatic carbocycles. The van der Waals surface area contributed by atoms with Gasteiger partial charge in [0.15, 0.2) is 0 Å². The van der Waals surface area contributed by atoms with Gasteiger partial charge in [-0.15, -0.1) is 0 Å². The zero-order chi connectivity index (χ0) is 17.9. The summed E-state index contributed by atoms with van der Waals surface area (Å²) in [7, 11) is 0. The lowest BCUT2D eigenvalue weighted by molar-refractivity contribution is -0.122. The Hall–Kier alpha value is -2.63. The number of rotatable bonds is 5. The lowest BCUT2D eigenvalue weighted by Crippen LogP contribution is -2.42. The van der Waals surface area contributed by atoms with Gasteiger partial charge in [0, 0.05) is 36.1 Å². The fraction of sp³-hybridized carbons (Fsp3) is 0.286. The van der Waals surface area contributed by atoms with Gasteiger partial charge in [-0.25, -0.2) is 0 Å². The summed E-state index contributed by atoms with van der Waals surface area (Å²) >= 11 is 0. The molecule has 0 spiro atoms. The van der Waals surface area contributed by atoms with Gasteiger partial charge in [-0.05, 0) is 23.6 Å². The number of hydrogen-bond acceptors (Lipinski definition) is 3. The molecule has 134 valence electrons. The Morgan fingerprint density at radius 1 is 1.15 bits per heavy atom. The quantitative estimate of drug-likeness (QED) is 0.570. The molecule has 1 amide bonds. The molecule has 2 aromatic carbocycles. The van der Waals surface area contributed by atoms with Gasteiger partial charge in [-0.2, -0.15) is 0 Å². The van der Waals surface area contributed by atoms with Crippen molar-refractivity contribution in [3.63, 3.8) is 0 Å². The molecule has 0 saturated carbocycles. The molecule has 4 rings (SSSR count).